The van der Waals surface area contributed by atoms with Crippen LogP contribution in [0.5, 0.6) is 0 Å². The molecule has 0 amide bonds. The van der Waals surface area contributed by atoms with Crippen molar-refractivity contribution < 1.29 is 45.7 Å². The lowest BCUT2D eigenvalue weighted by atomic mass is 9.83. The molecule has 4 fully saturated rings. The second-order valence-corrected chi connectivity index (χ2v) is 33.4. The van der Waals surface area contributed by atoms with Gasteiger partial charge >= 0.3 is 0 Å². The Morgan fingerprint density at radius 3 is 2.03 bits per heavy atom. The first-order valence-corrected chi connectivity index (χ1v) is 31.0. The fraction of sp³-hybridized carbons (Fsp3) is 0.796. The van der Waals surface area contributed by atoms with E-state index in [1.54, 1.807) is 19.2 Å². The third-order valence-corrected chi connectivity index (χ3v) is 26.0. The number of hydrogen-bond acceptors (Lipinski definition) is 10. The van der Waals surface area contributed by atoms with E-state index < -0.39 is 50.7 Å². The molecule has 1 unspecified atom stereocenters. The van der Waals surface area contributed by atoms with Crippen LogP contribution >= 0.6 is 0 Å². The van der Waals surface area contributed by atoms with Gasteiger partial charge in [-0.25, -0.2) is 8.42 Å². The first-order chi connectivity index (χ1) is 28.8. The van der Waals surface area contributed by atoms with Crippen molar-refractivity contribution in [3.05, 3.63) is 54.1 Å². The standard InChI is InChI=1S/C49H84O10SSi2/c1-16-36-17-21-40(22-18-36)60(50,51)32-41-44(58-45(47(41)52-11)29-39(59-62(14,15)49(8,9)10)31-55-61(12,13)48(5,6)7)30-43-35(4)33(2)27-37(57-43)19-23-42-34(3)28-38(56-42)20-24-46-53-25-26-54-46/h17-18,21-22,33,37-39,41-47H,3-4,16,19-20,23-32H2,1-2,5-15H3/t33-,37-,38-,39?,41-,42-,43+,44-,45+,47+/m0/s1. The molecule has 4 heterocycles. The van der Waals surface area contributed by atoms with Crippen LogP contribution in [0.1, 0.15) is 112 Å². The normalized spacial score (nSPS) is 30.1. The van der Waals surface area contributed by atoms with E-state index in [0.717, 1.165) is 61.7 Å². The van der Waals surface area contributed by atoms with E-state index in [0.29, 0.717) is 37.6 Å². The number of sulfone groups is 1. The van der Waals surface area contributed by atoms with Crippen LogP contribution in [0.25, 0.3) is 0 Å². The van der Waals surface area contributed by atoms with Crippen LogP contribution in [-0.2, 0) is 53.5 Å². The van der Waals surface area contributed by atoms with Crippen molar-refractivity contribution in [2.75, 3.05) is 32.7 Å². The van der Waals surface area contributed by atoms with E-state index in [1.807, 2.05) is 12.1 Å². The number of rotatable bonds is 20. The van der Waals surface area contributed by atoms with E-state index in [4.69, 9.17) is 37.3 Å². The molecule has 4 aliphatic heterocycles. The maximum absolute atomic E-state index is 14.3. The van der Waals surface area contributed by atoms with E-state index in [1.165, 1.54) is 0 Å². The van der Waals surface area contributed by atoms with Crippen molar-refractivity contribution in [3.8, 4) is 0 Å². The number of hydrogen-bond donors (Lipinski definition) is 0. The fourth-order valence-corrected chi connectivity index (χ4v) is 13.0. The van der Waals surface area contributed by atoms with Gasteiger partial charge in [0.1, 0.15) is 0 Å². The highest BCUT2D eigenvalue weighted by Gasteiger charge is 2.50. The van der Waals surface area contributed by atoms with Crippen molar-refractivity contribution in [3.63, 3.8) is 0 Å². The summed E-state index contributed by atoms with van der Waals surface area (Å²) >= 11 is 0. The van der Waals surface area contributed by atoms with Gasteiger partial charge in [-0.3, -0.25) is 0 Å². The quantitative estimate of drug-likeness (QED) is 0.0927. The van der Waals surface area contributed by atoms with Crippen LogP contribution in [0.4, 0.5) is 0 Å². The Labute approximate surface area is 378 Å². The highest BCUT2D eigenvalue weighted by atomic mass is 32.2. The molecule has 0 radical (unpaired) electrons. The Kier molecular flexibility index (Phi) is 17.7. The molecular weight excluding hydrogens is 837 g/mol. The summed E-state index contributed by atoms with van der Waals surface area (Å²) in [7, 11) is -6.39. The predicted octanol–water partition coefficient (Wildman–Crippen LogP) is 10.6. The van der Waals surface area contributed by atoms with E-state index >= 15 is 0 Å². The number of benzene rings is 1. The van der Waals surface area contributed by atoms with Crippen molar-refractivity contribution >= 4 is 26.5 Å². The lowest BCUT2D eigenvalue weighted by Crippen LogP contribution is -2.49. The fourth-order valence-electron chi connectivity index (χ4n) is 8.96. The molecule has 0 bridgehead atoms. The van der Waals surface area contributed by atoms with Crippen LogP contribution in [0.2, 0.25) is 36.3 Å². The van der Waals surface area contributed by atoms with Gasteiger partial charge in [-0.15, -0.1) is 0 Å². The molecule has 1 aromatic carbocycles. The second-order valence-electron chi connectivity index (χ2n) is 21.8. The van der Waals surface area contributed by atoms with Crippen molar-refractivity contribution in [1.82, 2.24) is 0 Å². The van der Waals surface area contributed by atoms with Gasteiger partial charge in [0.2, 0.25) is 0 Å². The van der Waals surface area contributed by atoms with Gasteiger partial charge < -0.3 is 37.3 Å². The van der Waals surface area contributed by atoms with Crippen LogP contribution in [0.3, 0.4) is 0 Å². The Balaban J connectivity index is 1.36. The van der Waals surface area contributed by atoms with Gasteiger partial charge in [0.25, 0.3) is 0 Å². The minimum atomic E-state index is -3.71. The molecule has 0 spiro atoms. The molecule has 1 aromatic rings. The maximum atomic E-state index is 14.3. The van der Waals surface area contributed by atoms with Gasteiger partial charge in [0, 0.05) is 32.3 Å². The van der Waals surface area contributed by atoms with Gasteiger partial charge in [-0.05, 0) is 110 Å². The Morgan fingerprint density at radius 2 is 1.44 bits per heavy atom. The molecule has 0 saturated carbocycles. The summed E-state index contributed by atoms with van der Waals surface area (Å²) in [6.07, 6.45) is 5.04. The zero-order chi connectivity index (χ0) is 45.8. The van der Waals surface area contributed by atoms with Crippen LogP contribution in [0.15, 0.2) is 53.5 Å². The van der Waals surface area contributed by atoms with Crippen molar-refractivity contribution in [1.29, 1.82) is 0 Å². The summed E-state index contributed by atoms with van der Waals surface area (Å²) in [5.41, 5.74) is 3.26. The molecule has 0 aliphatic carbocycles. The summed E-state index contributed by atoms with van der Waals surface area (Å²) in [6.45, 7) is 37.6. The number of ether oxygens (including phenoxy) is 6. The number of aryl methyl sites for hydroxylation is 1. The van der Waals surface area contributed by atoms with E-state index in [9.17, 15) is 8.42 Å². The van der Waals surface area contributed by atoms with Gasteiger partial charge in [-0.2, -0.15) is 0 Å². The van der Waals surface area contributed by atoms with Gasteiger partial charge in [-0.1, -0.05) is 80.7 Å². The Bertz CT molecular complexity index is 1730. The van der Waals surface area contributed by atoms with Crippen molar-refractivity contribution in [2.24, 2.45) is 11.8 Å². The minimum Gasteiger partial charge on any atom is -0.414 e. The van der Waals surface area contributed by atoms with Crippen LogP contribution < -0.4 is 0 Å². The zero-order valence-corrected chi connectivity index (χ0v) is 43.6. The summed E-state index contributed by atoms with van der Waals surface area (Å²) in [4.78, 5) is 0.318. The predicted molar refractivity (Wildman–Crippen MR) is 253 cm³/mol. The van der Waals surface area contributed by atoms with Gasteiger partial charge in [0.05, 0.1) is 79.3 Å². The SMILES string of the molecule is C=C1C[C@H](CCC2OCCO2)O[C@H]1CC[C@H]1C[C@H](C)C(=C)[C@@H](C[C@@H]2O[C@H](CC(CO[Si](C)(C)C(C)(C)C)O[Si](C)(C)C(C)(C)C)[C@H](OC)[C@H]2CS(=O)(=O)c2ccc(CC)cc2)O1. The van der Waals surface area contributed by atoms with Crippen LogP contribution in [-0.4, -0.2) is 113 Å². The van der Waals surface area contributed by atoms with Crippen LogP contribution in [0, 0.1) is 11.8 Å². The highest BCUT2D eigenvalue weighted by Crippen LogP contribution is 2.44. The second kappa shape index (κ2) is 21.2. The first-order valence-electron chi connectivity index (χ1n) is 23.6. The molecule has 4 aliphatic rings. The average molecular weight is 921 g/mol. The Morgan fingerprint density at radius 1 is 0.823 bits per heavy atom. The molecule has 10 nitrogen and oxygen atoms in total. The van der Waals surface area contributed by atoms with Gasteiger partial charge in [0.15, 0.2) is 32.8 Å². The smallest absolute Gasteiger partial charge is 0.192 e. The number of methoxy groups -OCH3 is 1. The summed E-state index contributed by atoms with van der Waals surface area (Å²) in [5.74, 6) is -0.323. The molecule has 4 saturated heterocycles. The monoisotopic (exact) mass is 921 g/mol. The minimum absolute atomic E-state index is 0.000721. The molecule has 62 heavy (non-hydrogen) atoms. The molecule has 10 atom stereocenters. The molecule has 13 heteroatoms. The average Bonchev–Trinajstić information content (AvgIpc) is 3.91. The molecule has 5 rings (SSSR count). The summed E-state index contributed by atoms with van der Waals surface area (Å²) in [6, 6.07) is 7.29. The molecular formula is C49H84O10SSi2. The largest absolute Gasteiger partial charge is 0.414 e. The first kappa shape index (κ1) is 51.7. The lowest BCUT2D eigenvalue weighted by Gasteiger charge is -2.42. The molecule has 0 aromatic heterocycles. The summed E-state index contributed by atoms with van der Waals surface area (Å²) < 4.78 is 80.8. The maximum Gasteiger partial charge on any atom is 0.192 e. The molecule has 0 N–H and O–H groups in total. The van der Waals surface area contributed by atoms with Crippen molar-refractivity contribution in [2.45, 2.75) is 209 Å². The lowest BCUT2D eigenvalue weighted by molar-refractivity contribution is -0.0791. The van der Waals surface area contributed by atoms with E-state index in [-0.39, 0.29) is 58.6 Å². The highest BCUT2D eigenvalue weighted by molar-refractivity contribution is 7.91. The molecule has 354 valence electrons. The third-order valence-electron chi connectivity index (χ3n) is 15.1. The topological polar surface area (TPSA) is 108 Å². The van der Waals surface area contributed by atoms with E-state index in [2.05, 4.69) is 94.7 Å². The zero-order valence-electron chi connectivity index (χ0n) is 40.8. The Hall–Kier alpha value is -1.24. The third kappa shape index (κ3) is 13.2. The summed E-state index contributed by atoms with van der Waals surface area (Å²) in [5, 5.41) is 0.0159.